The van der Waals surface area contributed by atoms with E-state index < -0.39 is 12.1 Å². The molecule has 0 fully saturated rings. The fraction of sp³-hybridized carbons (Fsp3) is 0.385. The third-order valence-electron chi connectivity index (χ3n) is 3.22. The molecule has 1 aromatic heterocycles. The number of nitrogens with zero attached hydrogens (tertiary/aromatic N) is 2. The normalized spacial score (nSPS) is 12.0. The van der Waals surface area contributed by atoms with Gasteiger partial charge in [-0.25, -0.2) is 4.79 Å². The van der Waals surface area contributed by atoms with E-state index in [0.29, 0.717) is 6.42 Å². The largest absolute Gasteiger partial charge is 0.357 e. The van der Waals surface area contributed by atoms with Crippen molar-refractivity contribution < 1.29 is 9.59 Å². The molecule has 21 heavy (non-hydrogen) atoms. The molecule has 0 aliphatic heterocycles. The molecule has 2 rings (SSSR count). The number of H-pyrrole nitrogens is 1. The Balaban J connectivity index is 1.91. The molecule has 0 saturated carbocycles. The topological polar surface area (TPSA) is 126 Å². The molecule has 1 unspecified atom stereocenters. The fourth-order valence-corrected chi connectivity index (χ4v) is 2.17. The van der Waals surface area contributed by atoms with Crippen LogP contribution in [0.3, 0.4) is 0 Å². The van der Waals surface area contributed by atoms with E-state index in [1.807, 2.05) is 18.2 Å². The Hall–Kier alpha value is -2.64. The molecular formula is C13H18N6O2. The molecule has 1 heterocycles. The summed E-state index contributed by atoms with van der Waals surface area (Å²) in [4.78, 5) is 22.5. The smallest absolute Gasteiger partial charge is 0.312 e. The number of hydrogen-bond acceptors (Lipinski definition) is 4. The molecule has 0 saturated heterocycles. The van der Waals surface area contributed by atoms with Crippen molar-refractivity contribution in [3.8, 4) is 0 Å². The van der Waals surface area contributed by atoms with E-state index in [0.717, 1.165) is 29.4 Å². The zero-order chi connectivity index (χ0) is 15.2. The Labute approximate surface area is 121 Å². The lowest BCUT2D eigenvalue weighted by molar-refractivity contribution is -0.122. The van der Waals surface area contributed by atoms with Gasteiger partial charge in [0.25, 0.3) is 0 Å². The van der Waals surface area contributed by atoms with Crippen molar-refractivity contribution in [3.05, 3.63) is 23.8 Å². The van der Waals surface area contributed by atoms with Gasteiger partial charge in [-0.1, -0.05) is 6.07 Å². The van der Waals surface area contributed by atoms with Crippen LogP contribution < -0.4 is 16.4 Å². The molecule has 0 bridgehead atoms. The SMILES string of the molecule is CNC(=O)C(CCCc1ccc2n[nH]nc2c1)NC(N)=O. The fourth-order valence-electron chi connectivity index (χ4n) is 2.17. The summed E-state index contributed by atoms with van der Waals surface area (Å²) in [5.74, 6) is -0.249. The summed E-state index contributed by atoms with van der Waals surface area (Å²) in [5.41, 5.74) is 7.80. The number of aromatic amines is 1. The monoisotopic (exact) mass is 290 g/mol. The van der Waals surface area contributed by atoms with Gasteiger partial charge < -0.3 is 16.4 Å². The number of urea groups is 1. The van der Waals surface area contributed by atoms with Crippen molar-refractivity contribution >= 4 is 23.0 Å². The standard InChI is InChI=1S/C13H18N6O2/c1-15-12(20)10(16-13(14)21)4-2-3-8-5-6-9-11(7-8)18-19-17-9/h5-7,10H,2-4H2,1H3,(H,15,20)(H3,14,16,21)(H,17,18,19). The molecule has 0 aliphatic carbocycles. The van der Waals surface area contributed by atoms with Gasteiger partial charge in [-0.3, -0.25) is 4.79 Å². The van der Waals surface area contributed by atoms with Crippen LogP contribution in [0.2, 0.25) is 0 Å². The van der Waals surface area contributed by atoms with Gasteiger partial charge in [0.2, 0.25) is 5.91 Å². The zero-order valence-electron chi connectivity index (χ0n) is 11.7. The number of carbonyl (C=O) groups excluding carboxylic acids is 2. The Morgan fingerprint density at radius 3 is 2.81 bits per heavy atom. The van der Waals surface area contributed by atoms with E-state index in [1.165, 1.54) is 7.05 Å². The molecule has 0 radical (unpaired) electrons. The van der Waals surface area contributed by atoms with Crippen LogP contribution in [-0.4, -0.2) is 40.4 Å². The second kappa shape index (κ2) is 6.69. The van der Waals surface area contributed by atoms with Crippen LogP contribution in [0.5, 0.6) is 0 Å². The zero-order valence-corrected chi connectivity index (χ0v) is 11.7. The molecule has 2 aromatic rings. The average molecular weight is 290 g/mol. The summed E-state index contributed by atoms with van der Waals surface area (Å²) >= 11 is 0. The predicted molar refractivity (Wildman–Crippen MR) is 77.4 cm³/mol. The van der Waals surface area contributed by atoms with E-state index in [9.17, 15) is 9.59 Å². The van der Waals surface area contributed by atoms with Gasteiger partial charge >= 0.3 is 6.03 Å². The van der Waals surface area contributed by atoms with E-state index in [-0.39, 0.29) is 5.91 Å². The van der Waals surface area contributed by atoms with Crippen LogP contribution >= 0.6 is 0 Å². The first-order valence-corrected chi connectivity index (χ1v) is 6.67. The minimum absolute atomic E-state index is 0.249. The summed E-state index contributed by atoms with van der Waals surface area (Å²) in [6.45, 7) is 0. The summed E-state index contributed by atoms with van der Waals surface area (Å²) in [6, 6.07) is 4.51. The lowest BCUT2D eigenvalue weighted by Gasteiger charge is -2.15. The lowest BCUT2D eigenvalue weighted by Crippen LogP contribution is -2.47. The Morgan fingerprint density at radius 1 is 1.33 bits per heavy atom. The van der Waals surface area contributed by atoms with E-state index in [1.54, 1.807) is 0 Å². The van der Waals surface area contributed by atoms with Crippen LogP contribution in [0, 0.1) is 0 Å². The first-order valence-electron chi connectivity index (χ1n) is 6.67. The molecule has 8 nitrogen and oxygen atoms in total. The van der Waals surface area contributed by atoms with Gasteiger partial charge in [0.05, 0.1) is 0 Å². The molecule has 112 valence electrons. The van der Waals surface area contributed by atoms with Crippen molar-refractivity contribution in [3.63, 3.8) is 0 Å². The Bertz CT molecular complexity index is 638. The number of nitrogens with two attached hydrogens (primary N) is 1. The van der Waals surface area contributed by atoms with Crippen LogP contribution in [0.1, 0.15) is 18.4 Å². The van der Waals surface area contributed by atoms with E-state index in [2.05, 4.69) is 26.0 Å². The number of aryl methyl sites for hydroxylation is 1. The van der Waals surface area contributed by atoms with E-state index in [4.69, 9.17) is 5.73 Å². The van der Waals surface area contributed by atoms with E-state index >= 15 is 0 Å². The summed E-state index contributed by atoms with van der Waals surface area (Å²) in [7, 11) is 1.52. The number of aromatic nitrogens is 3. The molecule has 3 amide bonds. The Morgan fingerprint density at radius 2 is 2.10 bits per heavy atom. The molecule has 1 aromatic carbocycles. The molecule has 0 aliphatic rings. The molecule has 1 atom stereocenters. The number of amides is 3. The number of nitrogens with one attached hydrogen (secondary N) is 3. The van der Waals surface area contributed by atoms with Crippen LogP contribution in [0.25, 0.3) is 11.0 Å². The maximum atomic E-state index is 11.6. The van der Waals surface area contributed by atoms with Gasteiger partial charge in [-0.2, -0.15) is 15.4 Å². The van der Waals surface area contributed by atoms with Crippen molar-refractivity contribution in [1.29, 1.82) is 0 Å². The van der Waals surface area contributed by atoms with Gasteiger partial charge in [0.15, 0.2) is 0 Å². The van der Waals surface area contributed by atoms with Gasteiger partial charge in [-0.15, -0.1) is 0 Å². The number of rotatable bonds is 6. The number of hydrogen-bond donors (Lipinski definition) is 4. The third kappa shape index (κ3) is 3.91. The highest BCUT2D eigenvalue weighted by Crippen LogP contribution is 2.13. The highest BCUT2D eigenvalue weighted by Gasteiger charge is 2.17. The van der Waals surface area contributed by atoms with Crippen molar-refractivity contribution in [2.75, 3.05) is 7.05 Å². The van der Waals surface area contributed by atoms with Crippen molar-refractivity contribution in [2.24, 2.45) is 5.73 Å². The number of benzene rings is 1. The maximum Gasteiger partial charge on any atom is 0.312 e. The highest BCUT2D eigenvalue weighted by atomic mass is 16.2. The lowest BCUT2D eigenvalue weighted by atomic mass is 10.0. The summed E-state index contributed by atoms with van der Waals surface area (Å²) in [5, 5.41) is 15.5. The van der Waals surface area contributed by atoms with Gasteiger partial charge in [0, 0.05) is 7.05 Å². The average Bonchev–Trinajstić information content (AvgIpc) is 2.92. The second-order valence-electron chi connectivity index (χ2n) is 4.71. The number of likely N-dealkylation sites (N-methyl/N-ethyl adjacent to an activating group) is 1. The number of fused-ring (bicyclic) bond motifs is 1. The summed E-state index contributed by atoms with van der Waals surface area (Å²) < 4.78 is 0. The quantitative estimate of drug-likeness (QED) is 0.600. The third-order valence-corrected chi connectivity index (χ3v) is 3.22. The first-order chi connectivity index (χ1) is 10.1. The number of carbonyl (C=O) groups is 2. The second-order valence-corrected chi connectivity index (χ2v) is 4.71. The molecule has 8 heteroatoms. The van der Waals surface area contributed by atoms with Crippen LogP contribution in [0.15, 0.2) is 18.2 Å². The number of primary amides is 1. The van der Waals surface area contributed by atoms with Crippen LogP contribution in [0.4, 0.5) is 4.79 Å². The highest BCUT2D eigenvalue weighted by molar-refractivity contribution is 5.86. The van der Waals surface area contributed by atoms with Crippen LogP contribution in [-0.2, 0) is 11.2 Å². The minimum Gasteiger partial charge on any atom is -0.357 e. The summed E-state index contributed by atoms with van der Waals surface area (Å²) in [6.07, 6.45) is 2.03. The maximum absolute atomic E-state index is 11.6. The van der Waals surface area contributed by atoms with Gasteiger partial charge in [0.1, 0.15) is 17.1 Å². The Kier molecular flexibility index (Phi) is 4.70. The molecule has 5 N–H and O–H groups in total. The molecular weight excluding hydrogens is 272 g/mol. The predicted octanol–water partition coefficient (Wildman–Crippen LogP) is 0.0635. The first kappa shape index (κ1) is 14.8. The molecule has 0 spiro atoms. The van der Waals surface area contributed by atoms with Crippen molar-refractivity contribution in [2.45, 2.75) is 25.3 Å². The minimum atomic E-state index is -0.701. The van der Waals surface area contributed by atoms with Gasteiger partial charge in [-0.05, 0) is 37.0 Å². The van der Waals surface area contributed by atoms with Crippen molar-refractivity contribution in [1.82, 2.24) is 26.0 Å².